The maximum absolute atomic E-state index is 12.5. The molecule has 0 saturated carbocycles. The highest BCUT2D eigenvalue weighted by Gasteiger charge is 2.15. The van der Waals surface area contributed by atoms with Crippen LogP contribution in [0.2, 0.25) is 5.02 Å². The average Bonchev–Trinajstić information content (AvgIpc) is 2.84. The van der Waals surface area contributed by atoms with Gasteiger partial charge in [-0.1, -0.05) is 41.9 Å². The largest absolute Gasteiger partial charge is 0.482 e. The van der Waals surface area contributed by atoms with Crippen molar-refractivity contribution in [2.24, 2.45) is 0 Å². The van der Waals surface area contributed by atoms with Crippen LogP contribution in [0.5, 0.6) is 11.5 Å². The lowest BCUT2D eigenvalue weighted by Gasteiger charge is -2.10. The van der Waals surface area contributed by atoms with Gasteiger partial charge in [-0.05, 0) is 60.9 Å². The molecule has 1 heterocycles. The molecule has 7 nitrogen and oxygen atoms in total. The summed E-state index contributed by atoms with van der Waals surface area (Å²) >= 11 is 6.15. The molecular formula is C27H22ClNO6. The van der Waals surface area contributed by atoms with Gasteiger partial charge in [-0.25, -0.2) is 9.59 Å². The van der Waals surface area contributed by atoms with Crippen LogP contribution in [0, 0.1) is 13.8 Å². The summed E-state index contributed by atoms with van der Waals surface area (Å²) in [5.74, 6) is -0.485. The topological polar surface area (TPSA) is 94.8 Å². The molecule has 0 bridgehead atoms. The normalized spacial score (nSPS) is 10.7. The van der Waals surface area contributed by atoms with Crippen molar-refractivity contribution in [2.75, 3.05) is 6.61 Å². The molecule has 1 N–H and O–H groups in total. The van der Waals surface area contributed by atoms with Crippen molar-refractivity contribution in [3.8, 4) is 11.5 Å². The molecule has 1 aromatic heterocycles. The summed E-state index contributed by atoms with van der Waals surface area (Å²) in [5.41, 5.74) is 1.87. The second-order valence-electron chi connectivity index (χ2n) is 7.95. The summed E-state index contributed by atoms with van der Waals surface area (Å²) in [7, 11) is 0. The number of carbonyl (C=O) groups excluding carboxylic acids is 2. The van der Waals surface area contributed by atoms with Crippen LogP contribution in [0.3, 0.4) is 0 Å². The van der Waals surface area contributed by atoms with Crippen LogP contribution >= 0.6 is 11.6 Å². The number of halogens is 1. The van der Waals surface area contributed by atoms with E-state index in [9.17, 15) is 14.4 Å². The third-order valence-electron chi connectivity index (χ3n) is 5.25. The molecule has 3 aromatic carbocycles. The molecule has 0 saturated heterocycles. The van der Waals surface area contributed by atoms with Gasteiger partial charge in [0.05, 0.1) is 0 Å². The summed E-state index contributed by atoms with van der Waals surface area (Å²) in [6, 6.07) is 18.8. The maximum Gasteiger partial charge on any atom is 0.349 e. The van der Waals surface area contributed by atoms with E-state index in [0.29, 0.717) is 16.2 Å². The van der Waals surface area contributed by atoms with Gasteiger partial charge in [-0.15, -0.1) is 0 Å². The van der Waals surface area contributed by atoms with E-state index in [-0.39, 0.29) is 30.0 Å². The predicted molar refractivity (Wildman–Crippen MR) is 132 cm³/mol. The molecule has 0 aliphatic heterocycles. The van der Waals surface area contributed by atoms with Crippen molar-refractivity contribution in [3.05, 3.63) is 104 Å². The van der Waals surface area contributed by atoms with Gasteiger partial charge in [0, 0.05) is 23.0 Å². The SMILES string of the molecule is Cc1cc(OCC(=O)Oc2ccc3cc(C(=O)NCc4ccccc4)c(=O)oc3c2)cc(C)c1Cl. The van der Waals surface area contributed by atoms with E-state index in [0.717, 1.165) is 16.7 Å². The van der Waals surface area contributed by atoms with Gasteiger partial charge in [-0.3, -0.25) is 4.79 Å². The molecule has 0 fully saturated rings. The minimum absolute atomic E-state index is 0.111. The smallest absolute Gasteiger partial charge is 0.349 e. The van der Waals surface area contributed by atoms with Crippen molar-refractivity contribution in [1.82, 2.24) is 5.32 Å². The van der Waals surface area contributed by atoms with Crippen LogP contribution in [0.15, 0.2) is 75.9 Å². The summed E-state index contributed by atoms with van der Waals surface area (Å²) in [6.07, 6.45) is 0. The molecule has 0 aliphatic rings. The van der Waals surface area contributed by atoms with Crippen LogP contribution in [0.4, 0.5) is 0 Å². The Bertz CT molecular complexity index is 1440. The zero-order chi connectivity index (χ0) is 24.9. The van der Waals surface area contributed by atoms with E-state index >= 15 is 0 Å². The molecule has 1 amide bonds. The molecule has 0 unspecified atom stereocenters. The van der Waals surface area contributed by atoms with E-state index < -0.39 is 17.5 Å². The van der Waals surface area contributed by atoms with Gasteiger partial charge < -0.3 is 19.2 Å². The first-order valence-corrected chi connectivity index (χ1v) is 11.2. The van der Waals surface area contributed by atoms with Crippen LogP contribution in [0.25, 0.3) is 11.0 Å². The molecule has 0 spiro atoms. The highest BCUT2D eigenvalue weighted by atomic mass is 35.5. The van der Waals surface area contributed by atoms with E-state index in [2.05, 4.69) is 5.32 Å². The molecule has 0 atom stereocenters. The van der Waals surface area contributed by atoms with E-state index in [4.69, 9.17) is 25.5 Å². The molecule has 4 aromatic rings. The fraction of sp³-hybridized carbons (Fsp3) is 0.148. The summed E-state index contributed by atoms with van der Waals surface area (Å²) < 4.78 is 16.1. The number of benzene rings is 3. The third-order valence-corrected chi connectivity index (χ3v) is 5.84. The van der Waals surface area contributed by atoms with Crippen LogP contribution < -0.4 is 20.4 Å². The lowest BCUT2D eigenvalue weighted by atomic mass is 10.1. The van der Waals surface area contributed by atoms with Crippen LogP contribution in [-0.2, 0) is 11.3 Å². The molecule has 8 heteroatoms. The third kappa shape index (κ3) is 5.88. The Kier molecular flexibility index (Phi) is 7.17. The second kappa shape index (κ2) is 10.4. The fourth-order valence-electron chi connectivity index (χ4n) is 3.48. The van der Waals surface area contributed by atoms with E-state index in [1.54, 1.807) is 24.3 Å². The van der Waals surface area contributed by atoms with Crippen LogP contribution in [0.1, 0.15) is 27.0 Å². The summed E-state index contributed by atoms with van der Waals surface area (Å²) in [6.45, 7) is 3.66. The number of nitrogens with one attached hydrogen (secondary N) is 1. The van der Waals surface area contributed by atoms with Crippen molar-refractivity contribution in [2.45, 2.75) is 20.4 Å². The Hall–Kier alpha value is -4.10. The Morgan fingerprint density at radius 2 is 1.66 bits per heavy atom. The Morgan fingerprint density at radius 1 is 0.943 bits per heavy atom. The van der Waals surface area contributed by atoms with Gasteiger partial charge in [0.2, 0.25) is 0 Å². The average molecular weight is 492 g/mol. The van der Waals surface area contributed by atoms with Gasteiger partial charge in [-0.2, -0.15) is 0 Å². The monoisotopic (exact) mass is 491 g/mol. The number of aryl methyl sites for hydroxylation is 2. The molecule has 4 rings (SSSR count). The molecular weight excluding hydrogens is 470 g/mol. The van der Waals surface area contributed by atoms with Gasteiger partial charge in [0.25, 0.3) is 5.91 Å². The minimum Gasteiger partial charge on any atom is -0.482 e. The predicted octanol–water partition coefficient (Wildman–Crippen LogP) is 4.98. The molecule has 0 radical (unpaired) electrons. The Morgan fingerprint density at radius 3 is 2.37 bits per heavy atom. The number of fused-ring (bicyclic) bond motifs is 1. The first kappa shape index (κ1) is 24.0. The van der Waals surface area contributed by atoms with Gasteiger partial charge in [0.15, 0.2) is 6.61 Å². The fourth-order valence-corrected chi connectivity index (χ4v) is 3.59. The summed E-state index contributed by atoms with van der Waals surface area (Å²) in [4.78, 5) is 37.1. The van der Waals surface area contributed by atoms with Crippen molar-refractivity contribution >= 4 is 34.4 Å². The Balaban J connectivity index is 1.41. The molecule has 0 aliphatic carbocycles. The van der Waals surface area contributed by atoms with Gasteiger partial charge in [0.1, 0.15) is 22.6 Å². The molecule has 35 heavy (non-hydrogen) atoms. The highest BCUT2D eigenvalue weighted by molar-refractivity contribution is 6.32. The first-order chi connectivity index (χ1) is 16.8. The van der Waals surface area contributed by atoms with E-state index in [1.165, 1.54) is 12.1 Å². The zero-order valence-corrected chi connectivity index (χ0v) is 19.8. The number of ether oxygens (including phenoxy) is 2. The van der Waals surface area contributed by atoms with Crippen molar-refractivity contribution in [3.63, 3.8) is 0 Å². The first-order valence-electron chi connectivity index (χ1n) is 10.8. The quantitative estimate of drug-likeness (QED) is 0.222. The number of esters is 1. The molecule has 178 valence electrons. The lowest BCUT2D eigenvalue weighted by molar-refractivity contribution is -0.136. The number of carbonyl (C=O) groups is 2. The standard InChI is InChI=1S/C27H22ClNO6/c1-16-10-21(11-17(2)25(16)28)33-15-24(30)34-20-9-8-19-12-22(27(32)35-23(19)13-20)26(31)29-14-18-6-4-3-5-7-18/h3-13H,14-15H2,1-2H3,(H,29,31). The highest BCUT2D eigenvalue weighted by Crippen LogP contribution is 2.26. The van der Waals surface area contributed by atoms with Crippen molar-refractivity contribution in [1.29, 1.82) is 0 Å². The van der Waals surface area contributed by atoms with Gasteiger partial charge >= 0.3 is 11.6 Å². The summed E-state index contributed by atoms with van der Waals surface area (Å²) in [5, 5.41) is 3.87. The Labute approximate surface area is 206 Å². The second-order valence-corrected chi connectivity index (χ2v) is 8.33. The minimum atomic E-state index is -0.789. The number of hydrogen-bond donors (Lipinski definition) is 1. The van der Waals surface area contributed by atoms with E-state index in [1.807, 2.05) is 44.2 Å². The van der Waals surface area contributed by atoms with Crippen LogP contribution in [-0.4, -0.2) is 18.5 Å². The zero-order valence-electron chi connectivity index (χ0n) is 19.1. The number of rotatable bonds is 7. The lowest BCUT2D eigenvalue weighted by Crippen LogP contribution is -2.27. The number of hydrogen-bond acceptors (Lipinski definition) is 6. The van der Waals surface area contributed by atoms with Crippen molar-refractivity contribution < 1.29 is 23.5 Å². The maximum atomic E-state index is 12.5. The number of amides is 1.